The summed E-state index contributed by atoms with van der Waals surface area (Å²) in [6, 6.07) is 3.75. The predicted octanol–water partition coefficient (Wildman–Crippen LogP) is 1.99. The van der Waals surface area contributed by atoms with Gasteiger partial charge >= 0.3 is 0 Å². The molecule has 3 aromatic rings. The maximum atomic E-state index is 5.80. The highest BCUT2D eigenvalue weighted by Crippen LogP contribution is 2.33. The lowest BCUT2D eigenvalue weighted by molar-refractivity contribution is 0.574. The van der Waals surface area contributed by atoms with Crippen LogP contribution in [0.4, 0.5) is 11.6 Å². The van der Waals surface area contributed by atoms with E-state index in [0.29, 0.717) is 11.5 Å². The fourth-order valence-electron chi connectivity index (χ4n) is 3.00. The third kappa shape index (κ3) is 2.14. The minimum absolute atomic E-state index is 0.483. The number of pyridine rings is 1. The summed E-state index contributed by atoms with van der Waals surface area (Å²) < 4.78 is 0. The Morgan fingerprint density at radius 1 is 1.09 bits per heavy atom. The van der Waals surface area contributed by atoms with Gasteiger partial charge in [-0.15, -0.1) is 0 Å². The summed E-state index contributed by atoms with van der Waals surface area (Å²) in [7, 11) is 0. The smallest absolute Gasteiger partial charge is 0.186 e. The first-order chi connectivity index (χ1) is 10.8. The Kier molecular flexibility index (Phi) is 3.10. The number of nitrogen functional groups attached to an aromatic ring is 1. The van der Waals surface area contributed by atoms with Gasteiger partial charge in [-0.2, -0.15) is 5.10 Å². The molecule has 0 aromatic carbocycles. The second-order valence-corrected chi connectivity index (χ2v) is 5.51. The second kappa shape index (κ2) is 5.25. The fourth-order valence-corrected chi connectivity index (χ4v) is 3.00. The maximum Gasteiger partial charge on any atom is 0.186 e. The summed E-state index contributed by atoms with van der Waals surface area (Å²) in [6.45, 7) is 2.05. The molecule has 0 unspecified atom stereocenters. The Balaban J connectivity index is 1.89. The Labute approximate surface area is 127 Å². The third-order valence-corrected chi connectivity index (χ3v) is 4.06. The Bertz CT molecular complexity index is 805. The number of rotatable bonds is 2. The van der Waals surface area contributed by atoms with Crippen molar-refractivity contribution in [2.45, 2.75) is 19.3 Å². The van der Waals surface area contributed by atoms with Gasteiger partial charge in [0, 0.05) is 24.8 Å². The third-order valence-electron chi connectivity index (χ3n) is 4.06. The molecule has 4 heterocycles. The molecule has 0 amide bonds. The average molecular weight is 295 g/mol. The first-order valence-electron chi connectivity index (χ1n) is 7.49. The van der Waals surface area contributed by atoms with Gasteiger partial charge in [-0.1, -0.05) is 0 Å². The van der Waals surface area contributed by atoms with Gasteiger partial charge in [-0.3, -0.25) is 5.10 Å². The molecule has 3 aromatic heterocycles. The highest BCUT2D eigenvalue weighted by molar-refractivity contribution is 5.99. The van der Waals surface area contributed by atoms with Gasteiger partial charge < -0.3 is 10.6 Å². The van der Waals surface area contributed by atoms with Gasteiger partial charge in [0.25, 0.3) is 0 Å². The van der Waals surface area contributed by atoms with Crippen molar-refractivity contribution in [3.8, 4) is 11.3 Å². The van der Waals surface area contributed by atoms with Crippen LogP contribution in [-0.4, -0.2) is 38.2 Å². The number of nitrogens with zero attached hydrogens (tertiary/aromatic N) is 5. The van der Waals surface area contributed by atoms with Crippen molar-refractivity contribution in [1.82, 2.24) is 25.1 Å². The molecular weight excluding hydrogens is 278 g/mol. The highest BCUT2D eigenvalue weighted by atomic mass is 15.2. The van der Waals surface area contributed by atoms with Crippen molar-refractivity contribution in [2.24, 2.45) is 0 Å². The van der Waals surface area contributed by atoms with Crippen LogP contribution in [0, 0.1) is 0 Å². The zero-order valence-electron chi connectivity index (χ0n) is 12.2. The summed E-state index contributed by atoms with van der Waals surface area (Å²) in [5, 5.41) is 8.34. The number of hydrogen-bond acceptors (Lipinski definition) is 6. The minimum atomic E-state index is 0.483. The highest BCUT2D eigenvalue weighted by Gasteiger charge is 2.20. The van der Waals surface area contributed by atoms with E-state index in [1.165, 1.54) is 19.3 Å². The van der Waals surface area contributed by atoms with Crippen molar-refractivity contribution in [3.63, 3.8) is 0 Å². The molecule has 3 N–H and O–H groups in total. The first-order valence-corrected chi connectivity index (χ1v) is 7.49. The van der Waals surface area contributed by atoms with Crippen LogP contribution in [0.25, 0.3) is 22.3 Å². The van der Waals surface area contributed by atoms with E-state index in [4.69, 9.17) is 5.73 Å². The number of H-pyrrole nitrogens is 1. The van der Waals surface area contributed by atoms with Crippen LogP contribution in [0.1, 0.15) is 19.3 Å². The molecule has 0 bridgehead atoms. The van der Waals surface area contributed by atoms with E-state index in [-0.39, 0.29) is 0 Å². The van der Waals surface area contributed by atoms with E-state index >= 15 is 0 Å². The topological polar surface area (TPSA) is 96.6 Å². The molecule has 0 aliphatic carbocycles. The van der Waals surface area contributed by atoms with E-state index in [9.17, 15) is 0 Å². The number of aromatic nitrogens is 5. The van der Waals surface area contributed by atoms with Crippen molar-refractivity contribution in [2.75, 3.05) is 23.7 Å². The lowest BCUT2D eigenvalue weighted by Crippen LogP contribution is -2.30. The Morgan fingerprint density at radius 3 is 2.77 bits per heavy atom. The number of hydrogen-bond donors (Lipinski definition) is 2. The molecule has 0 spiro atoms. The molecule has 7 nitrogen and oxygen atoms in total. The van der Waals surface area contributed by atoms with Crippen LogP contribution in [0.5, 0.6) is 0 Å². The molecule has 1 fully saturated rings. The number of nitrogens with one attached hydrogen (secondary N) is 1. The number of aromatic amines is 1. The van der Waals surface area contributed by atoms with Crippen molar-refractivity contribution < 1.29 is 0 Å². The van der Waals surface area contributed by atoms with Crippen LogP contribution in [-0.2, 0) is 0 Å². The molecule has 7 heteroatoms. The molecule has 1 saturated heterocycles. The van der Waals surface area contributed by atoms with Gasteiger partial charge in [0.1, 0.15) is 18.0 Å². The number of nitrogens with two attached hydrogens (primary N) is 1. The largest absolute Gasteiger partial charge is 0.384 e. The fraction of sp³-hybridized carbons (Fsp3) is 0.333. The van der Waals surface area contributed by atoms with E-state index in [2.05, 4.69) is 30.0 Å². The van der Waals surface area contributed by atoms with Gasteiger partial charge in [0.05, 0.1) is 11.1 Å². The van der Waals surface area contributed by atoms with Crippen LogP contribution in [0.3, 0.4) is 0 Å². The van der Waals surface area contributed by atoms with Crippen LogP contribution in [0.2, 0.25) is 0 Å². The normalized spacial score (nSPS) is 15.4. The monoisotopic (exact) mass is 295 g/mol. The molecule has 4 rings (SSSR count). The van der Waals surface area contributed by atoms with Crippen LogP contribution < -0.4 is 10.6 Å². The van der Waals surface area contributed by atoms with Gasteiger partial charge in [0.15, 0.2) is 5.65 Å². The van der Waals surface area contributed by atoms with E-state index in [0.717, 1.165) is 35.6 Å². The summed E-state index contributed by atoms with van der Waals surface area (Å²) in [5.41, 5.74) is 8.33. The molecule has 1 aliphatic rings. The second-order valence-electron chi connectivity index (χ2n) is 5.51. The number of anilines is 2. The van der Waals surface area contributed by atoms with Gasteiger partial charge in [0.2, 0.25) is 0 Å². The zero-order chi connectivity index (χ0) is 14.9. The lowest BCUT2D eigenvalue weighted by Gasteiger charge is -2.28. The summed E-state index contributed by atoms with van der Waals surface area (Å²) in [5.74, 6) is 1.43. The molecule has 0 saturated carbocycles. The number of piperidine rings is 1. The van der Waals surface area contributed by atoms with Crippen molar-refractivity contribution in [3.05, 3.63) is 24.7 Å². The first kappa shape index (κ1) is 13.0. The van der Waals surface area contributed by atoms with E-state index in [1.54, 1.807) is 12.5 Å². The molecule has 112 valence electrons. The number of fused-ring (bicyclic) bond motifs is 1. The Hall–Kier alpha value is -2.70. The summed E-state index contributed by atoms with van der Waals surface area (Å²) in [6.07, 6.45) is 6.95. The molecular formula is C15H17N7. The summed E-state index contributed by atoms with van der Waals surface area (Å²) in [4.78, 5) is 15.2. The van der Waals surface area contributed by atoms with E-state index < -0.39 is 0 Å². The summed E-state index contributed by atoms with van der Waals surface area (Å²) >= 11 is 0. The quantitative estimate of drug-likeness (QED) is 0.750. The SMILES string of the molecule is Nc1cc(-c2[nH]nc3ncnc(N4CCCCC4)c23)ccn1. The van der Waals surface area contributed by atoms with Crippen LogP contribution in [0.15, 0.2) is 24.7 Å². The van der Waals surface area contributed by atoms with Crippen molar-refractivity contribution >= 4 is 22.7 Å². The average Bonchev–Trinajstić information content (AvgIpc) is 3.00. The maximum absolute atomic E-state index is 5.80. The molecule has 0 radical (unpaired) electrons. The molecule has 0 atom stereocenters. The molecule has 1 aliphatic heterocycles. The zero-order valence-corrected chi connectivity index (χ0v) is 12.2. The van der Waals surface area contributed by atoms with Gasteiger partial charge in [-0.25, -0.2) is 15.0 Å². The predicted molar refractivity (Wildman–Crippen MR) is 85.4 cm³/mol. The standard InChI is InChI=1S/C15H17N7/c16-11-8-10(4-5-17-11)13-12-14(21-20-13)18-9-19-15(12)22-6-2-1-3-7-22/h4-5,8-9H,1-3,6-7H2,(H2,16,17)(H,18,19,20,21). The molecule has 22 heavy (non-hydrogen) atoms. The van der Waals surface area contributed by atoms with E-state index in [1.807, 2.05) is 12.1 Å². The minimum Gasteiger partial charge on any atom is -0.384 e. The lowest BCUT2D eigenvalue weighted by atomic mass is 10.1. The van der Waals surface area contributed by atoms with Gasteiger partial charge in [-0.05, 0) is 31.4 Å². The van der Waals surface area contributed by atoms with Crippen molar-refractivity contribution in [1.29, 1.82) is 0 Å². The van der Waals surface area contributed by atoms with Crippen LogP contribution >= 0.6 is 0 Å². The Morgan fingerprint density at radius 2 is 1.95 bits per heavy atom.